The van der Waals surface area contributed by atoms with E-state index in [1.165, 1.54) is 23.5 Å². The SMILES string of the molecule is CCn1cc(CN(C)S(=O)(=O)c2cc(Cl)c(Cl)cc2Cl)c(C)n1. The molecule has 0 fully saturated rings. The molecule has 0 saturated heterocycles. The van der Waals surface area contributed by atoms with Gasteiger partial charge in [-0.25, -0.2) is 8.42 Å². The first-order chi connectivity index (χ1) is 10.7. The molecule has 9 heteroatoms. The average molecular weight is 397 g/mol. The van der Waals surface area contributed by atoms with Crippen molar-refractivity contribution in [3.8, 4) is 0 Å². The number of benzene rings is 1. The zero-order valence-electron chi connectivity index (χ0n) is 12.8. The van der Waals surface area contributed by atoms with Gasteiger partial charge in [0.1, 0.15) is 4.90 Å². The molecule has 2 rings (SSSR count). The number of rotatable bonds is 5. The molecule has 5 nitrogen and oxygen atoms in total. The van der Waals surface area contributed by atoms with Gasteiger partial charge in [-0.3, -0.25) is 4.68 Å². The second-order valence-electron chi connectivity index (χ2n) is 5.05. The van der Waals surface area contributed by atoms with E-state index >= 15 is 0 Å². The van der Waals surface area contributed by atoms with E-state index in [0.717, 1.165) is 17.8 Å². The van der Waals surface area contributed by atoms with E-state index in [0.29, 0.717) is 0 Å². The fraction of sp³-hybridized carbons (Fsp3) is 0.357. The summed E-state index contributed by atoms with van der Waals surface area (Å²) in [6, 6.07) is 2.59. The molecule has 0 saturated carbocycles. The molecule has 1 heterocycles. The second kappa shape index (κ2) is 6.99. The van der Waals surface area contributed by atoms with Crippen LogP contribution in [0.15, 0.2) is 23.2 Å². The number of sulfonamides is 1. The van der Waals surface area contributed by atoms with Crippen LogP contribution in [0.2, 0.25) is 15.1 Å². The molecule has 23 heavy (non-hydrogen) atoms. The second-order valence-corrected chi connectivity index (χ2v) is 8.29. The lowest BCUT2D eigenvalue weighted by Crippen LogP contribution is -2.27. The molecule has 1 aromatic heterocycles. The molecule has 0 bridgehead atoms. The molecule has 0 amide bonds. The van der Waals surface area contributed by atoms with Gasteiger partial charge in [-0.2, -0.15) is 9.40 Å². The number of nitrogens with zero attached hydrogens (tertiary/aromatic N) is 3. The van der Waals surface area contributed by atoms with Crippen molar-refractivity contribution in [3.63, 3.8) is 0 Å². The van der Waals surface area contributed by atoms with Gasteiger partial charge in [0.2, 0.25) is 10.0 Å². The maximum Gasteiger partial charge on any atom is 0.244 e. The third-order valence-corrected chi connectivity index (χ3v) is 6.42. The van der Waals surface area contributed by atoms with Crippen LogP contribution in [0.3, 0.4) is 0 Å². The van der Waals surface area contributed by atoms with Crippen molar-refractivity contribution in [1.82, 2.24) is 14.1 Å². The lowest BCUT2D eigenvalue weighted by molar-refractivity contribution is 0.466. The van der Waals surface area contributed by atoms with Crippen LogP contribution >= 0.6 is 34.8 Å². The Hall–Kier alpha value is -0.790. The van der Waals surface area contributed by atoms with Gasteiger partial charge >= 0.3 is 0 Å². The fourth-order valence-electron chi connectivity index (χ4n) is 2.07. The molecule has 0 radical (unpaired) electrons. The van der Waals surface area contributed by atoms with Crippen molar-refractivity contribution >= 4 is 44.8 Å². The molecule has 0 unspecified atom stereocenters. The summed E-state index contributed by atoms with van der Waals surface area (Å²) < 4.78 is 28.4. The van der Waals surface area contributed by atoms with E-state index in [-0.39, 0.29) is 26.5 Å². The summed E-state index contributed by atoms with van der Waals surface area (Å²) in [5, 5.41) is 4.69. The summed E-state index contributed by atoms with van der Waals surface area (Å²) >= 11 is 17.8. The van der Waals surface area contributed by atoms with E-state index in [9.17, 15) is 8.42 Å². The van der Waals surface area contributed by atoms with Gasteiger partial charge in [-0.1, -0.05) is 34.8 Å². The molecule has 0 N–H and O–H groups in total. The van der Waals surface area contributed by atoms with Gasteiger partial charge < -0.3 is 0 Å². The molecule has 0 spiro atoms. The molecule has 0 atom stereocenters. The summed E-state index contributed by atoms with van der Waals surface area (Å²) in [5.41, 5.74) is 1.61. The third kappa shape index (κ3) is 3.83. The Kier molecular flexibility index (Phi) is 5.63. The Bertz CT molecular complexity index is 834. The zero-order chi connectivity index (χ0) is 17.4. The van der Waals surface area contributed by atoms with Crippen LogP contribution in [-0.4, -0.2) is 29.6 Å². The van der Waals surface area contributed by atoms with Gasteiger partial charge in [-0.05, 0) is 26.0 Å². The Labute approximate surface area is 150 Å². The molecular formula is C14H16Cl3N3O2S. The summed E-state index contributed by atoms with van der Waals surface area (Å²) in [6.07, 6.45) is 1.83. The smallest absolute Gasteiger partial charge is 0.244 e. The van der Waals surface area contributed by atoms with Crippen LogP contribution in [0.25, 0.3) is 0 Å². The van der Waals surface area contributed by atoms with E-state index < -0.39 is 10.0 Å². The van der Waals surface area contributed by atoms with Crippen LogP contribution < -0.4 is 0 Å². The summed E-state index contributed by atoms with van der Waals surface area (Å²) in [6.45, 7) is 4.71. The topological polar surface area (TPSA) is 55.2 Å². The monoisotopic (exact) mass is 395 g/mol. The Morgan fingerprint density at radius 1 is 1.17 bits per heavy atom. The van der Waals surface area contributed by atoms with Gasteiger partial charge in [0.25, 0.3) is 0 Å². The Balaban J connectivity index is 2.35. The van der Waals surface area contributed by atoms with Gasteiger partial charge in [0, 0.05) is 31.9 Å². The van der Waals surface area contributed by atoms with E-state index in [1.807, 2.05) is 20.0 Å². The van der Waals surface area contributed by atoms with Crippen molar-refractivity contribution in [2.75, 3.05) is 7.05 Å². The quantitative estimate of drug-likeness (QED) is 0.718. The molecule has 2 aromatic rings. The van der Waals surface area contributed by atoms with Crippen LogP contribution in [0.4, 0.5) is 0 Å². The van der Waals surface area contributed by atoms with E-state index in [4.69, 9.17) is 34.8 Å². The lowest BCUT2D eigenvalue weighted by atomic mass is 10.3. The molecule has 0 aliphatic rings. The number of halogens is 3. The highest BCUT2D eigenvalue weighted by Gasteiger charge is 2.26. The molecule has 0 aliphatic carbocycles. The van der Waals surface area contributed by atoms with Crippen LogP contribution in [-0.2, 0) is 23.1 Å². The Morgan fingerprint density at radius 2 is 1.78 bits per heavy atom. The molecule has 126 valence electrons. The van der Waals surface area contributed by atoms with Gasteiger partial charge in [0.15, 0.2) is 0 Å². The number of hydrogen-bond donors (Lipinski definition) is 0. The van der Waals surface area contributed by atoms with Crippen molar-refractivity contribution in [3.05, 3.63) is 44.7 Å². The first-order valence-electron chi connectivity index (χ1n) is 6.80. The van der Waals surface area contributed by atoms with Gasteiger partial charge in [-0.15, -0.1) is 0 Å². The average Bonchev–Trinajstić information content (AvgIpc) is 2.83. The molecule has 0 aliphatic heterocycles. The van der Waals surface area contributed by atoms with Crippen molar-refractivity contribution < 1.29 is 8.42 Å². The summed E-state index contributed by atoms with van der Waals surface area (Å²) in [5.74, 6) is 0. The number of aryl methyl sites for hydroxylation is 2. The molecular weight excluding hydrogens is 381 g/mol. The van der Waals surface area contributed by atoms with Crippen LogP contribution in [0.1, 0.15) is 18.2 Å². The third-order valence-electron chi connectivity index (χ3n) is 3.43. The number of aromatic nitrogens is 2. The highest BCUT2D eigenvalue weighted by molar-refractivity contribution is 7.89. The Morgan fingerprint density at radius 3 is 2.35 bits per heavy atom. The molecule has 1 aromatic carbocycles. The van der Waals surface area contributed by atoms with E-state index in [2.05, 4.69) is 5.10 Å². The minimum atomic E-state index is -3.80. The minimum absolute atomic E-state index is 0.0345. The van der Waals surface area contributed by atoms with Crippen LogP contribution in [0.5, 0.6) is 0 Å². The van der Waals surface area contributed by atoms with Gasteiger partial charge in [0.05, 0.1) is 20.8 Å². The normalized spacial score (nSPS) is 12.1. The largest absolute Gasteiger partial charge is 0.272 e. The van der Waals surface area contributed by atoms with Crippen molar-refractivity contribution in [2.24, 2.45) is 0 Å². The highest BCUT2D eigenvalue weighted by atomic mass is 35.5. The van der Waals surface area contributed by atoms with Crippen LogP contribution in [0, 0.1) is 6.92 Å². The summed E-state index contributed by atoms with van der Waals surface area (Å²) in [7, 11) is -2.32. The predicted molar refractivity (Wildman–Crippen MR) is 92.8 cm³/mol. The van der Waals surface area contributed by atoms with Crippen molar-refractivity contribution in [2.45, 2.75) is 31.8 Å². The minimum Gasteiger partial charge on any atom is -0.272 e. The first-order valence-corrected chi connectivity index (χ1v) is 9.38. The first kappa shape index (κ1) is 18.5. The maximum absolute atomic E-state index is 12.7. The lowest BCUT2D eigenvalue weighted by Gasteiger charge is -2.18. The predicted octanol–water partition coefficient (Wildman–Crippen LogP) is 3.99. The maximum atomic E-state index is 12.7. The van der Waals surface area contributed by atoms with Crippen molar-refractivity contribution in [1.29, 1.82) is 0 Å². The fourth-order valence-corrected chi connectivity index (χ4v) is 4.19. The summed E-state index contributed by atoms with van der Waals surface area (Å²) in [4.78, 5) is -0.0726. The zero-order valence-corrected chi connectivity index (χ0v) is 15.9. The number of hydrogen-bond acceptors (Lipinski definition) is 3. The standard InChI is InChI=1S/C14H16Cl3N3O2S/c1-4-20-8-10(9(2)18-20)7-19(3)23(21,22)14-6-12(16)11(15)5-13(14)17/h5-6,8H,4,7H2,1-3H3. The van der Waals surface area contributed by atoms with E-state index in [1.54, 1.807) is 4.68 Å². The highest BCUT2D eigenvalue weighted by Crippen LogP contribution is 2.33.